The van der Waals surface area contributed by atoms with E-state index in [1.165, 1.54) is 17.5 Å². The van der Waals surface area contributed by atoms with E-state index >= 15 is 0 Å². The SMILES string of the molecule is COc1ccc(CN2CCC[C@H]2c2nc3ccc(C)cc3[nH]2)c(OC)c1C. The van der Waals surface area contributed by atoms with Gasteiger partial charge in [-0.25, -0.2) is 4.98 Å². The number of hydrogen-bond donors (Lipinski definition) is 1. The monoisotopic (exact) mass is 365 g/mol. The van der Waals surface area contributed by atoms with Crippen LogP contribution in [0.1, 0.15) is 41.4 Å². The lowest BCUT2D eigenvalue weighted by molar-refractivity contribution is 0.237. The average Bonchev–Trinajstić information content (AvgIpc) is 3.28. The number of H-pyrrole nitrogens is 1. The largest absolute Gasteiger partial charge is 0.496 e. The van der Waals surface area contributed by atoms with Crippen molar-refractivity contribution in [2.75, 3.05) is 20.8 Å². The van der Waals surface area contributed by atoms with Gasteiger partial charge in [0.25, 0.3) is 0 Å². The zero-order valence-electron chi connectivity index (χ0n) is 16.5. The van der Waals surface area contributed by atoms with Crippen molar-refractivity contribution >= 4 is 11.0 Å². The third-order valence-electron chi connectivity index (χ3n) is 5.57. The van der Waals surface area contributed by atoms with E-state index in [-0.39, 0.29) is 0 Å². The first-order valence-corrected chi connectivity index (χ1v) is 9.51. The summed E-state index contributed by atoms with van der Waals surface area (Å²) in [6.07, 6.45) is 2.30. The molecule has 27 heavy (non-hydrogen) atoms. The van der Waals surface area contributed by atoms with Gasteiger partial charge in [-0.1, -0.05) is 12.1 Å². The van der Waals surface area contributed by atoms with Crippen molar-refractivity contribution in [2.24, 2.45) is 0 Å². The second-order valence-electron chi connectivity index (χ2n) is 7.36. The number of likely N-dealkylation sites (tertiary alicyclic amines) is 1. The maximum Gasteiger partial charge on any atom is 0.129 e. The summed E-state index contributed by atoms with van der Waals surface area (Å²) in [4.78, 5) is 10.9. The van der Waals surface area contributed by atoms with Crippen molar-refractivity contribution in [3.63, 3.8) is 0 Å². The van der Waals surface area contributed by atoms with E-state index in [4.69, 9.17) is 14.5 Å². The fraction of sp³-hybridized carbons (Fsp3) is 0.409. The molecule has 4 rings (SSSR count). The number of imidazole rings is 1. The zero-order valence-corrected chi connectivity index (χ0v) is 16.5. The topological polar surface area (TPSA) is 50.4 Å². The highest BCUT2D eigenvalue weighted by Gasteiger charge is 2.29. The van der Waals surface area contributed by atoms with Gasteiger partial charge in [0, 0.05) is 17.7 Å². The van der Waals surface area contributed by atoms with Crippen LogP contribution in [0.25, 0.3) is 11.0 Å². The van der Waals surface area contributed by atoms with Crippen LogP contribution in [0.3, 0.4) is 0 Å². The smallest absolute Gasteiger partial charge is 0.129 e. The number of benzene rings is 2. The molecule has 1 saturated heterocycles. The summed E-state index contributed by atoms with van der Waals surface area (Å²) in [5.74, 6) is 2.85. The van der Waals surface area contributed by atoms with Crippen LogP contribution in [0.15, 0.2) is 30.3 Å². The Kier molecular flexibility index (Phi) is 4.79. The van der Waals surface area contributed by atoms with Crippen LogP contribution in [0.2, 0.25) is 0 Å². The number of nitrogens with zero attached hydrogens (tertiary/aromatic N) is 2. The molecule has 1 atom stereocenters. The van der Waals surface area contributed by atoms with E-state index in [1.807, 2.05) is 13.0 Å². The van der Waals surface area contributed by atoms with Gasteiger partial charge in [0.2, 0.25) is 0 Å². The van der Waals surface area contributed by atoms with Crippen molar-refractivity contribution in [2.45, 2.75) is 39.3 Å². The Bertz CT molecular complexity index is 964. The number of aromatic nitrogens is 2. The highest BCUT2D eigenvalue weighted by Crippen LogP contribution is 2.37. The lowest BCUT2D eigenvalue weighted by Gasteiger charge is -2.24. The molecule has 0 amide bonds. The molecule has 0 unspecified atom stereocenters. The van der Waals surface area contributed by atoms with Crippen LogP contribution >= 0.6 is 0 Å². The predicted octanol–water partition coefficient (Wildman–Crippen LogP) is 4.53. The fourth-order valence-corrected chi connectivity index (χ4v) is 4.20. The fourth-order valence-electron chi connectivity index (χ4n) is 4.20. The molecule has 5 nitrogen and oxygen atoms in total. The molecule has 1 aliphatic heterocycles. The van der Waals surface area contributed by atoms with Gasteiger partial charge >= 0.3 is 0 Å². The van der Waals surface area contributed by atoms with Crippen LogP contribution in [-0.4, -0.2) is 35.6 Å². The molecular formula is C22H27N3O2. The summed E-state index contributed by atoms with van der Waals surface area (Å²) in [5.41, 5.74) is 5.65. The van der Waals surface area contributed by atoms with Gasteiger partial charge in [-0.15, -0.1) is 0 Å². The first kappa shape index (κ1) is 17.9. The molecule has 1 aliphatic rings. The third kappa shape index (κ3) is 3.28. The molecule has 1 aromatic heterocycles. The van der Waals surface area contributed by atoms with Gasteiger partial charge in [0.05, 0.1) is 31.3 Å². The molecule has 1 fully saturated rings. The summed E-state index contributed by atoms with van der Waals surface area (Å²) in [7, 11) is 3.43. The van der Waals surface area contributed by atoms with Gasteiger partial charge in [0.1, 0.15) is 17.3 Å². The number of methoxy groups -OCH3 is 2. The van der Waals surface area contributed by atoms with E-state index in [2.05, 4.69) is 41.1 Å². The minimum absolute atomic E-state index is 0.310. The minimum atomic E-state index is 0.310. The summed E-state index contributed by atoms with van der Waals surface area (Å²) in [5, 5.41) is 0. The predicted molar refractivity (Wildman–Crippen MR) is 107 cm³/mol. The quantitative estimate of drug-likeness (QED) is 0.721. The van der Waals surface area contributed by atoms with Crippen LogP contribution in [0.5, 0.6) is 11.5 Å². The van der Waals surface area contributed by atoms with Gasteiger partial charge < -0.3 is 14.5 Å². The molecule has 0 radical (unpaired) electrons. The van der Waals surface area contributed by atoms with E-state index in [1.54, 1.807) is 14.2 Å². The first-order chi connectivity index (χ1) is 13.1. The van der Waals surface area contributed by atoms with Gasteiger partial charge in [-0.2, -0.15) is 0 Å². The number of nitrogens with one attached hydrogen (secondary N) is 1. The van der Waals surface area contributed by atoms with Crippen molar-refractivity contribution in [3.05, 3.63) is 52.8 Å². The average molecular weight is 365 g/mol. The molecule has 0 aliphatic carbocycles. The van der Waals surface area contributed by atoms with Gasteiger partial charge in [-0.05, 0) is 57.0 Å². The molecule has 2 heterocycles. The second-order valence-corrected chi connectivity index (χ2v) is 7.36. The zero-order chi connectivity index (χ0) is 19.0. The molecule has 1 N–H and O–H groups in total. The number of aromatic amines is 1. The number of aryl methyl sites for hydroxylation is 1. The number of rotatable bonds is 5. The van der Waals surface area contributed by atoms with E-state index < -0.39 is 0 Å². The van der Waals surface area contributed by atoms with Crippen LogP contribution in [-0.2, 0) is 6.54 Å². The van der Waals surface area contributed by atoms with E-state index in [0.29, 0.717) is 6.04 Å². The Balaban J connectivity index is 1.63. The van der Waals surface area contributed by atoms with Gasteiger partial charge in [-0.3, -0.25) is 4.90 Å². The van der Waals surface area contributed by atoms with Crippen LogP contribution in [0, 0.1) is 13.8 Å². The van der Waals surface area contributed by atoms with Crippen molar-refractivity contribution in [1.29, 1.82) is 0 Å². The minimum Gasteiger partial charge on any atom is -0.496 e. The first-order valence-electron chi connectivity index (χ1n) is 9.51. The van der Waals surface area contributed by atoms with Crippen molar-refractivity contribution in [1.82, 2.24) is 14.9 Å². The third-order valence-corrected chi connectivity index (χ3v) is 5.57. The van der Waals surface area contributed by atoms with Crippen LogP contribution in [0.4, 0.5) is 0 Å². The Morgan fingerprint density at radius 2 is 2.00 bits per heavy atom. The molecule has 0 bridgehead atoms. The molecule has 2 aromatic carbocycles. The highest BCUT2D eigenvalue weighted by atomic mass is 16.5. The number of ether oxygens (including phenoxy) is 2. The second kappa shape index (κ2) is 7.24. The Morgan fingerprint density at radius 3 is 2.78 bits per heavy atom. The summed E-state index contributed by atoms with van der Waals surface area (Å²) in [6, 6.07) is 10.8. The lowest BCUT2D eigenvalue weighted by Crippen LogP contribution is -2.24. The summed E-state index contributed by atoms with van der Waals surface area (Å²) >= 11 is 0. The molecule has 5 heteroatoms. The maximum absolute atomic E-state index is 5.70. The number of fused-ring (bicyclic) bond motifs is 1. The molecule has 0 spiro atoms. The van der Waals surface area contributed by atoms with E-state index in [0.717, 1.165) is 53.4 Å². The summed E-state index contributed by atoms with van der Waals surface area (Å²) < 4.78 is 11.1. The van der Waals surface area contributed by atoms with Gasteiger partial charge in [0.15, 0.2) is 0 Å². The Hall–Kier alpha value is -2.53. The van der Waals surface area contributed by atoms with Crippen molar-refractivity contribution in [3.8, 4) is 11.5 Å². The molecule has 3 aromatic rings. The Morgan fingerprint density at radius 1 is 1.15 bits per heavy atom. The summed E-state index contributed by atoms with van der Waals surface area (Å²) in [6.45, 7) is 6.06. The van der Waals surface area contributed by atoms with E-state index in [9.17, 15) is 0 Å². The highest BCUT2D eigenvalue weighted by molar-refractivity contribution is 5.75. The normalized spacial score (nSPS) is 17.6. The standard InChI is InChI=1S/C22H27N3O2/c1-14-7-9-17-18(12-14)24-22(23-17)19-6-5-11-25(19)13-16-8-10-20(26-3)15(2)21(16)27-4/h7-10,12,19H,5-6,11,13H2,1-4H3,(H,23,24)/t19-/m0/s1. The van der Waals surface area contributed by atoms with Crippen molar-refractivity contribution < 1.29 is 9.47 Å². The maximum atomic E-state index is 5.70. The lowest BCUT2D eigenvalue weighted by atomic mass is 10.1. The molecule has 0 saturated carbocycles. The molecular weight excluding hydrogens is 338 g/mol. The molecule has 142 valence electrons. The number of hydrogen-bond acceptors (Lipinski definition) is 4. The Labute approximate surface area is 160 Å². The van der Waals surface area contributed by atoms with Crippen LogP contribution < -0.4 is 9.47 Å².